The van der Waals surface area contributed by atoms with E-state index in [2.05, 4.69) is 25.4 Å². The average molecular weight is 465 g/mol. The highest BCUT2D eigenvalue weighted by molar-refractivity contribution is 14.0. The molecule has 3 aliphatic heterocycles. The summed E-state index contributed by atoms with van der Waals surface area (Å²) in [6, 6.07) is 4.47. The molecule has 3 aliphatic rings. The Hall–Kier alpha value is -0.420. The zero-order valence-corrected chi connectivity index (χ0v) is 17.5. The zero-order valence-electron chi connectivity index (χ0n) is 14.4. The lowest BCUT2D eigenvalue weighted by molar-refractivity contribution is 0.0153. The molecule has 3 fully saturated rings. The molecule has 1 aromatic rings. The molecule has 6 nitrogen and oxygen atoms in total. The first kappa shape index (κ1) is 19.9. The maximum atomic E-state index is 10.6. The SMILES string of the molecule is CN=C(NCC1CN2CCN1CC2)NCC(C)(O)c1cccs1.I. The summed E-state index contributed by atoms with van der Waals surface area (Å²) in [4.78, 5) is 10.3. The van der Waals surface area contributed by atoms with Gasteiger partial charge in [0.15, 0.2) is 5.96 Å². The van der Waals surface area contributed by atoms with Crippen LogP contribution in [-0.2, 0) is 5.60 Å². The van der Waals surface area contributed by atoms with Crippen molar-refractivity contribution < 1.29 is 5.11 Å². The monoisotopic (exact) mass is 465 g/mol. The summed E-state index contributed by atoms with van der Waals surface area (Å²) in [6.07, 6.45) is 0. The van der Waals surface area contributed by atoms with E-state index < -0.39 is 5.60 Å². The Labute approximate surface area is 165 Å². The number of guanidine groups is 1. The van der Waals surface area contributed by atoms with Gasteiger partial charge in [-0.15, -0.1) is 35.3 Å². The summed E-state index contributed by atoms with van der Waals surface area (Å²) < 4.78 is 0. The van der Waals surface area contributed by atoms with Crippen LogP contribution in [0.5, 0.6) is 0 Å². The van der Waals surface area contributed by atoms with Crippen LogP contribution in [-0.4, -0.2) is 79.8 Å². The minimum absolute atomic E-state index is 0. The first-order chi connectivity index (χ1) is 11.1. The first-order valence-electron chi connectivity index (χ1n) is 8.26. The van der Waals surface area contributed by atoms with E-state index in [0.717, 1.165) is 23.9 Å². The second kappa shape index (κ2) is 8.79. The van der Waals surface area contributed by atoms with E-state index >= 15 is 0 Å². The van der Waals surface area contributed by atoms with E-state index in [1.165, 1.54) is 26.2 Å². The van der Waals surface area contributed by atoms with Gasteiger partial charge in [0.2, 0.25) is 0 Å². The van der Waals surface area contributed by atoms with Crippen molar-refractivity contribution >= 4 is 41.3 Å². The molecule has 2 unspecified atom stereocenters. The highest BCUT2D eigenvalue weighted by atomic mass is 127. The molecule has 8 heteroatoms. The summed E-state index contributed by atoms with van der Waals surface area (Å²) in [5, 5.41) is 19.2. The second-order valence-corrected chi connectivity index (χ2v) is 7.50. The topological polar surface area (TPSA) is 63.1 Å². The van der Waals surface area contributed by atoms with E-state index in [9.17, 15) is 5.11 Å². The Morgan fingerprint density at radius 2 is 2.12 bits per heavy atom. The number of hydrogen-bond donors (Lipinski definition) is 3. The van der Waals surface area contributed by atoms with Crippen molar-refractivity contribution in [3.8, 4) is 0 Å². The molecule has 0 aliphatic carbocycles. The van der Waals surface area contributed by atoms with Crippen molar-refractivity contribution in [3.63, 3.8) is 0 Å². The van der Waals surface area contributed by atoms with Gasteiger partial charge in [-0.05, 0) is 18.4 Å². The Morgan fingerprint density at radius 3 is 2.67 bits per heavy atom. The number of aliphatic imine (C=N–C) groups is 1. The maximum Gasteiger partial charge on any atom is 0.191 e. The number of fused-ring (bicyclic) bond motifs is 3. The van der Waals surface area contributed by atoms with Crippen LogP contribution in [0.2, 0.25) is 0 Å². The number of halogens is 1. The van der Waals surface area contributed by atoms with E-state index in [4.69, 9.17) is 0 Å². The summed E-state index contributed by atoms with van der Waals surface area (Å²) in [7, 11) is 1.77. The Balaban J connectivity index is 0.00000208. The quantitative estimate of drug-likeness (QED) is 0.340. The zero-order chi connectivity index (χ0) is 16.3. The van der Waals surface area contributed by atoms with Crippen molar-refractivity contribution in [3.05, 3.63) is 22.4 Å². The molecular formula is C16H28IN5OS. The van der Waals surface area contributed by atoms with Crippen LogP contribution < -0.4 is 10.6 Å². The van der Waals surface area contributed by atoms with Gasteiger partial charge < -0.3 is 15.7 Å². The minimum atomic E-state index is -0.884. The van der Waals surface area contributed by atoms with E-state index in [1.54, 1.807) is 18.4 Å². The van der Waals surface area contributed by atoms with Crippen molar-refractivity contribution in [1.82, 2.24) is 20.4 Å². The maximum absolute atomic E-state index is 10.6. The molecule has 0 amide bonds. The van der Waals surface area contributed by atoms with Crippen molar-refractivity contribution in [1.29, 1.82) is 0 Å². The van der Waals surface area contributed by atoms with Gasteiger partial charge in [0.05, 0.1) is 6.54 Å². The standard InChI is InChI=1S/C16H27N5OS.HI/c1-16(22,14-4-3-9-23-14)12-19-15(17-2)18-10-13-11-20-5-7-21(13)8-6-20;/h3-4,9,13,22H,5-8,10-12H2,1-2H3,(H2,17,18,19);1H. The van der Waals surface area contributed by atoms with Gasteiger partial charge in [-0.3, -0.25) is 14.8 Å². The molecule has 2 atom stereocenters. The number of thiophene rings is 1. The highest BCUT2D eigenvalue weighted by Gasteiger charge is 2.31. The molecule has 4 heterocycles. The van der Waals surface area contributed by atoms with Crippen LogP contribution in [0.15, 0.2) is 22.5 Å². The molecule has 0 saturated carbocycles. The third-order valence-electron chi connectivity index (χ3n) is 4.77. The Morgan fingerprint density at radius 1 is 1.38 bits per heavy atom. The van der Waals surface area contributed by atoms with Gasteiger partial charge in [-0.1, -0.05) is 6.07 Å². The molecule has 3 N–H and O–H groups in total. The van der Waals surface area contributed by atoms with Gasteiger partial charge in [0.1, 0.15) is 5.60 Å². The van der Waals surface area contributed by atoms with Crippen molar-refractivity contribution in [2.24, 2.45) is 4.99 Å². The summed E-state index contributed by atoms with van der Waals surface area (Å²) in [6.45, 7) is 9.04. The Kier molecular flexibility index (Phi) is 7.29. The van der Waals surface area contributed by atoms with Gasteiger partial charge in [-0.2, -0.15) is 0 Å². The predicted octanol–water partition coefficient (Wildman–Crippen LogP) is 0.738. The van der Waals surface area contributed by atoms with Crippen LogP contribution in [0.1, 0.15) is 11.8 Å². The molecule has 0 aromatic carbocycles. The minimum Gasteiger partial charge on any atom is -0.383 e. The van der Waals surface area contributed by atoms with Crippen LogP contribution in [0.25, 0.3) is 0 Å². The number of nitrogens with zero attached hydrogens (tertiary/aromatic N) is 3. The predicted molar refractivity (Wildman–Crippen MR) is 110 cm³/mol. The normalized spacial score (nSPS) is 28.8. The van der Waals surface area contributed by atoms with Crippen molar-refractivity contribution in [2.45, 2.75) is 18.6 Å². The third kappa shape index (κ3) is 4.81. The lowest BCUT2D eigenvalue weighted by atomic mass is 10.1. The number of aliphatic hydroxyl groups is 1. The number of rotatable bonds is 5. The fourth-order valence-corrected chi connectivity index (χ4v) is 4.07. The lowest BCUT2D eigenvalue weighted by Crippen LogP contribution is -2.64. The van der Waals surface area contributed by atoms with Gasteiger partial charge in [0, 0.05) is 57.2 Å². The average Bonchev–Trinajstić information content (AvgIpc) is 3.11. The molecule has 1 aromatic heterocycles. The first-order valence-corrected chi connectivity index (χ1v) is 9.14. The fourth-order valence-electron chi connectivity index (χ4n) is 3.28. The third-order valence-corrected chi connectivity index (χ3v) is 5.90. The number of hydrogen-bond acceptors (Lipinski definition) is 5. The van der Waals surface area contributed by atoms with Crippen LogP contribution in [0.3, 0.4) is 0 Å². The highest BCUT2D eigenvalue weighted by Crippen LogP contribution is 2.24. The molecule has 2 bridgehead atoms. The van der Waals surface area contributed by atoms with Gasteiger partial charge in [0.25, 0.3) is 0 Å². The molecule has 0 spiro atoms. The smallest absolute Gasteiger partial charge is 0.191 e. The van der Waals surface area contributed by atoms with Gasteiger partial charge in [-0.25, -0.2) is 0 Å². The molecule has 24 heavy (non-hydrogen) atoms. The Bertz CT molecular complexity index is 529. The van der Waals surface area contributed by atoms with Gasteiger partial charge >= 0.3 is 0 Å². The van der Waals surface area contributed by atoms with Crippen LogP contribution >= 0.6 is 35.3 Å². The largest absolute Gasteiger partial charge is 0.383 e. The summed E-state index contributed by atoms with van der Waals surface area (Å²) in [5.41, 5.74) is -0.884. The molecule has 3 saturated heterocycles. The number of nitrogens with one attached hydrogen (secondary N) is 2. The molecule has 0 radical (unpaired) electrons. The molecule has 136 valence electrons. The van der Waals surface area contributed by atoms with E-state index in [1.807, 2.05) is 24.4 Å². The van der Waals surface area contributed by atoms with Crippen molar-refractivity contribution in [2.75, 3.05) is 52.9 Å². The van der Waals surface area contributed by atoms with Crippen LogP contribution in [0.4, 0.5) is 0 Å². The van der Waals surface area contributed by atoms with E-state index in [-0.39, 0.29) is 24.0 Å². The second-order valence-electron chi connectivity index (χ2n) is 6.55. The van der Waals surface area contributed by atoms with E-state index in [0.29, 0.717) is 12.6 Å². The number of piperazine rings is 3. The molecule has 4 rings (SSSR count). The fraction of sp³-hybridized carbons (Fsp3) is 0.688. The lowest BCUT2D eigenvalue weighted by Gasteiger charge is -2.47. The summed E-state index contributed by atoms with van der Waals surface area (Å²) in [5.74, 6) is 0.750. The van der Waals surface area contributed by atoms with Crippen LogP contribution in [0, 0.1) is 0 Å². The summed E-state index contributed by atoms with van der Waals surface area (Å²) >= 11 is 1.57. The molecular weight excluding hydrogens is 437 g/mol.